The van der Waals surface area contributed by atoms with Crippen LogP contribution >= 0.6 is 27.7 Å². The molecule has 0 bridgehead atoms. The molecule has 0 unspecified atom stereocenters. The number of benzene rings is 1. The Morgan fingerprint density at radius 2 is 2.20 bits per heavy atom. The number of rotatable bonds is 5. The van der Waals surface area contributed by atoms with Crippen LogP contribution in [0.5, 0.6) is 0 Å². The molecule has 0 radical (unpaired) electrons. The Morgan fingerprint density at radius 3 is 2.80 bits per heavy atom. The molecule has 0 aliphatic rings. The van der Waals surface area contributed by atoms with Gasteiger partial charge in [-0.15, -0.1) is 0 Å². The van der Waals surface area contributed by atoms with E-state index < -0.39 is 0 Å². The summed E-state index contributed by atoms with van der Waals surface area (Å²) in [5, 5.41) is 0. The van der Waals surface area contributed by atoms with Crippen LogP contribution in [0.3, 0.4) is 0 Å². The summed E-state index contributed by atoms with van der Waals surface area (Å²) in [7, 11) is 2.12. The first-order valence-electron chi connectivity index (χ1n) is 4.85. The molecule has 1 rings (SSSR count). The highest BCUT2D eigenvalue weighted by Crippen LogP contribution is 2.19. The molecule has 0 fully saturated rings. The maximum Gasteiger partial charge on any atom is 0.0371 e. The van der Waals surface area contributed by atoms with Crippen molar-refractivity contribution in [2.45, 2.75) is 6.54 Å². The number of nitrogens with two attached hydrogens (primary N) is 1. The van der Waals surface area contributed by atoms with E-state index in [1.807, 2.05) is 23.9 Å². The van der Waals surface area contributed by atoms with E-state index in [0.29, 0.717) is 0 Å². The van der Waals surface area contributed by atoms with Crippen molar-refractivity contribution in [3.8, 4) is 0 Å². The van der Waals surface area contributed by atoms with E-state index in [4.69, 9.17) is 5.73 Å². The van der Waals surface area contributed by atoms with Crippen LogP contribution in [0.2, 0.25) is 0 Å². The van der Waals surface area contributed by atoms with Gasteiger partial charge < -0.3 is 10.6 Å². The van der Waals surface area contributed by atoms with Crippen molar-refractivity contribution < 1.29 is 0 Å². The minimum absolute atomic E-state index is 0.861. The van der Waals surface area contributed by atoms with Gasteiger partial charge in [-0.05, 0) is 31.0 Å². The standard InChI is InChI=1S/C11H17BrN2S/c1-14(5-6-15-2)8-9-3-4-10(12)7-11(9)13/h3-4,7H,5-6,8,13H2,1-2H3. The molecule has 0 amide bonds. The van der Waals surface area contributed by atoms with Crippen LogP contribution in [-0.2, 0) is 6.54 Å². The van der Waals surface area contributed by atoms with Gasteiger partial charge in [-0.25, -0.2) is 0 Å². The van der Waals surface area contributed by atoms with Gasteiger partial charge in [0, 0.05) is 29.0 Å². The first kappa shape index (κ1) is 12.9. The summed E-state index contributed by atoms with van der Waals surface area (Å²) < 4.78 is 1.04. The molecule has 0 saturated carbocycles. The third-order valence-electron chi connectivity index (χ3n) is 2.23. The van der Waals surface area contributed by atoms with Crippen molar-refractivity contribution >= 4 is 33.4 Å². The molecule has 0 aliphatic carbocycles. The van der Waals surface area contributed by atoms with Crippen LogP contribution in [0.4, 0.5) is 5.69 Å². The molecular weight excluding hydrogens is 272 g/mol. The summed E-state index contributed by atoms with van der Waals surface area (Å²) in [6, 6.07) is 6.07. The molecule has 84 valence electrons. The maximum absolute atomic E-state index is 5.94. The zero-order valence-corrected chi connectivity index (χ0v) is 11.6. The van der Waals surface area contributed by atoms with E-state index in [1.54, 1.807) is 0 Å². The summed E-state index contributed by atoms with van der Waals surface area (Å²) >= 11 is 5.27. The Kier molecular flexibility index (Phi) is 5.50. The van der Waals surface area contributed by atoms with E-state index in [2.05, 4.69) is 40.2 Å². The van der Waals surface area contributed by atoms with Gasteiger partial charge in [-0.2, -0.15) is 11.8 Å². The topological polar surface area (TPSA) is 29.3 Å². The molecule has 4 heteroatoms. The predicted molar refractivity (Wildman–Crippen MR) is 73.3 cm³/mol. The second-order valence-electron chi connectivity index (χ2n) is 3.57. The first-order chi connectivity index (χ1) is 7.13. The van der Waals surface area contributed by atoms with Crippen molar-refractivity contribution in [1.29, 1.82) is 0 Å². The summed E-state index contributed by atoms with van der Waals surface area (Å²) in [6.45, 7) is 2.01. The van der Waals surface area contributed by atoms with E-state index >= 15 is 0 Å². The highest BCUT2D eigenvalue weighted by Gasteiger charge is 2.03. The molecule has 0 aromatic heterocycles. The first-order valence-corrected chi connectivity index (χ1v) is 7.03. The molecule has 1 aromatic rings. The second kappa shape index (κ2) is 6.40. The lowest BCUT2D eigenvalue weighted by Gasteiger charge is -2.17. The zero-order valence-electron chi connectivity index (χ0n) is 9.16. The number of halogens is 1. The van der Waals surface area contributed by atoms with E-state index in [-0.39, 0.29) is 0 Å². The van der Waals surface area contributed by atoms with Crippen LogP contribution in [0, 0.1) is 0 Å². The third-order valence-corrected chi connectivity index (χ3v) is 3.31. The van der Waals surface area contributed by atoms with Crippen LogP contribution in [0.15, 0.2) is 22.7 Å². The fourth-order valence-electron chi connectivity index (χ4n) is 1.33. The Hall–Kier alpha value is -0.190. The van der Waals surface area contributed by atoms with Gasteiger partial charge in [0.05, 0.1) is 0 Å². The Balaban J connectivity index is 2.56. The van der Waals surface area contributed by atoms with Crippen molar-refractivity contribution in [3.63, 3.8) is 0 Å². The summed E-state index contributed by atoms with van der Waals surface area (Å²) in [5.41, 5.74) is 7.99. The fourth-order valence-corrected chi connectivity index (χ4v) is 2.20. The van der Waals surface area contributed by atoms with Crippen LogP contribution < -0.4 is 5.73 Å². The van der Waals surface area contributed by atoms with Gasteiger partial charge in [0.1, 0.15) is 0 Å². The predicted octanol–water partition coefficient (Wildman–Crippen LogP) is 2.83. The molecule has 1 aromatic carbocycles. The van der Waals surface area contributed by atoms with Crippen molar-refractivity contribution in [2.24, 2.45) is 0 Å². The highest BCUT2D eigenvalue weighted by atomic mass is 79.9. The van der Waals surface area contributed by atoms with Crippen molar-refractivity contribution in [3.05, 3.63) is 28.2 Å². The number of anilines is 1. The maximum atomic E-state index is 5.94. The lowest BCUT2D eigenvalue weighted by molar-refractivity contribution is 0.349. The molecule has 0 saturated heterocycles. The molecule has 0 aliphatic heterocycles. The summed E-state index contributed by atoms with van der Waals surface area (Å²) in [4.78, 5) is 2.29. The minimum atomic E-state index is 0.861. The number of nitrogen functional groups attached to an aromatic ring is 1. The lowest BCUT2D eigenvalue weighted by Crippen LogP contribution is -2.21. The van der Waals surface area contributed by atoms with Crippen LogP contribution in [0.1, 0.15) is 5.56 Å². The SMILES string of the molecule is CSCCN(C)Cc1ccc(Br)cc1N. The van der Waals surface area contributed by atoms with E-state index in [1.165, 1.54) is 5.56 Å². The second-order valence-corrected chi connectivity index (χ2v) is 5.47. The lowest BCUT2D eigenvalue weighted by atomic mass is 10.2. The van der Waals surface area contributed by atoms with Gasteiger partial charge in [-0.3, -0.25) is 0 Å². The number of hydrogen-bond acceptors (Lipinski definition) is 3. The molecule has 0 spiro atoms. The van der Waals surface area contributed by atoms with E-state index in [9.17, 15) is 0 Å². The number of hydrogen-bond donors (Lipinski definition) is 1. The summed E-state index contributed by atoms with van der Waals surface area (Å²) in [6.07, 6.45) is 2.13. The zero-order chi connectivity index (χ0) is 11.3. The minimum Gasteiger partial charge on any atom is -0.398 e. The largest absolute Gasteiger partial charge is 0.398 e. The van der Waals surface area contributed by atoms with Gasteiger partial charge in [0.2, 0.25) is 0 Å². The molecule has 0 heterocycles. The Morgan fingerprint density at radius 1 is 1.47 bits per heavy atom. The molecule has 15 heavy (non-hydrogen) atoms. The van der Waals surface area contributed by atoms with Gasteiger partial charge >= 0.3 is 0 Å². The van der Waals surface area contributed by atoms with Gasteiger partial charge in [0.15, 0.2) is 0 Å². The molecule has 0 atom stereocenters. The van der Waals surface area contributed by atoms with Crippen molar-refractivity contribution in [1.82, 2.24) is 4.90 Å². The molecule has 2 nitrogen and oxygen atoms in total. The number of nitrogens with zero attached hydrogens (tertiary/aromatic N) is 1. The van der Waals surface area contributed by atoms with Crippen LogP contribution in [-0.4, -0.2) is 30.5 Å². The van der Waals surface area contributed by atoms with Gasteiger partial charge in [-0.1, -0.05) is 22.0 Å². The molecule has 2 N–H and O–H groups in total. The Bertz CT molecular complexity index is 317. The summed E-state index contributed by atoms with van der Waals surface area (Å²) in [5.74, 6) is 1.16. The van der Waals surface area contributed by atoms with E-state index in [0.717, 1.165) is 29.0 Å². The fraction of sp³-hybridized carbons (Fsp3) is 0.455. The monoisotopic (exact) mass is 288 g/mol. The highest BCUT2D eigenvalue weighted by molar-refractivity contribution is 9.10. The third kappa shape index (κ3) is 4.45. The van der Waals surface area contributed by atoms with Gasteiger partial charge in [0.25, 0.3) is 0 Å². The van der Waals surface area contributed by atoms with Crippen molar-refractivity contribution in [2.75, 3.05) is 31.3 Å². The smallest absolute Gasteiger partial charge is 0.0371 e. The average Bonchev–Trinajstić information content (AvgIpc) is 2.19. The number of thioether (sulfide) groups is 1. The molecular formula is C11H17BrN2S. The Labute approximate surface area is 104 Å². The normalized spacial score (nSPS) is 10.9. The van der Waals surface area contributed by atoms with Crippen LogP contribution in [0.25, 0.3) is 0 Å². The quantitative estimate of drug-likeness (QED) is 0.845. The average molecular weight is 289 g/mol.